The Morgan fingerprint density at radius 3 is 2.38 bits per heavy atom. The van der Waals surface area contributed by atoms with E-state index in [1.165, 1.54) is 0 Å². The van der Waals surface area contributed by atoms with E-state index in [0.29, 0.717) is 12.3 Å². The minimum atomic E-state index is -0.903. The van der Waals surface area contributed by atoms with Crippen LogP contribution in [0.25, 0.3) is 0 Å². The molecule has 0 spiro atoms. The van der Waals surface area contributed by atoms with E-state index in [1.54, 1.807) is 11.0 Å². The van der Waals surface area contributed by atoms with Crippen LogP contribution in [0.3, 0.4) is 0 Å². The van der Waals surface area contributed by atoms with E-state index in [2.05, 4.69) is 0 Å². The smallest absolute Gasteiger partial charge is 0.305 e. The lowest BCUT2D eigenvalue weighted by Gasteiger charge is -2.22. The van der Waals surface area contributed by atoms with Crippen molar-refractivity contribution in [1.82, 2.24) is 4.90 Å². The highest BCUT2D eigenvalue weighted by molar-refractivity contribution is 5.92. The molecule has 0 aliphatic rings. The molecule has 0 saturated carbocycles. The lowest BCUT2D eigenvalue weighted by atomic mass is 10.1. The third kappa shape index (κ3) is 4.92. The van der Waals surface area contributed by atoms with Gasteiger partial charge in [0.2, 0.25) is 0 Å². The summed E-state index contributed by atoms with van der Waals surface area (Å²) in [6.45, 7) is 8.74. The van der Waals surface area contributed by atoms with E-state index in [-0.39, 0.29) is 24.8 Å². The normalized spacial score (nSPS) is 10.9. The molecular formula is C16H25NO4. The van der Waals surface area contributed by atoms with E-state index < -0.39 is 5.97 Å². The lowest BCUT2D eigenvalue weighted by Crippen LogP contribution is -2.35. The number of aryl methyl sites for hydroxylation is 2. The maximum absolute atomic E-state index is 12.5. The van der Waals surface area contributed by atoms with Crippen molar-refractivity contribution in [3.05, 3.63) is 23.2 Å². The van der Waals surface area contributed by atoms with Gasteiger partial charge < -0.3 is 14.4 Å². The Balaban J connectivity index is 2.92. The zero-order chi connectivity index (χ0) is 16.0. The van der Waals surface area contributed by atoms with Gasteiger partial charge in [0.1, 0.15) is 5.76 Å². The van der Waals surface area contributed by atoms with Crippen molar-refractivity contribution in [3.63, 3.8) is 0 Å². The van der Waals surface area contributed by atoms with Gasteiger partial charge in [-0.15, -0.1) is 0 Å². The Bertz CT molecular complexity index is 469. The Hall–Kier alpha value is -1.78. The summed E-state index contributed by atoms with van der Waals surface area (Å²) in [7, 11) is 0. The first kappa shape index (κ1) is 17.3. The van der Waals surface area contributed by atoms with Crippen LogP contribution in [0.15, 0.2) is 10.5 Å². The van der Waals surface area contributed by atoms with Gasteiger partial charge in [-0.3, -0.25) is 9.59 Å². The first-order chi connectivity index (χ1) is 9.88. The molecule has 0 saturated heterocycles. The van der Waals surface area contributed by atoms with Crippen LogP contribution < -0.4 is 0 Å². The van der Waals surface area contributed by atoms with E-state index in [4.69, 9.17) is 9.52 Å². The summed E-state index contributed by atoms with van der Waals surface area (Å²) in [5.74, 6) is 0.297. The fraction of sp³-hybridized carbons (Fsp3) is 0.625. The number of amides is 1. The number of carboxylic acids is 1. The summed E-state index contributed by atoms with van der Waals surface area (Å²) in [6, 6.07) is 1.79. The van der Waals surface area contributed by atoms with Crippen LogP contribution in [0, 0.1) is 5.92 Å². The van der Waals surface area contributed by atoms with E-state index in [9.17, 15) is 9.59 Å². The second kappa shape index (κ2) is 7.86. The van der Waals surface area contributed by atoms with Crippen molar-refractivity contribution in [3.8, 4) is 0 Å². The fourth-order valence-electron chi connectivity index (χ4n) is 2.27. The number of aliphatic carboxylic acids is 1. The molecule has 5 nitrogen and oxygen atoms in total. The van der Waals surface area contributed by atoms with Crippen molar-refractivity contribution < 1.29 is 19.1 Å². The Labute approximate surface area is 125 Å². The standard InChI is InChI=1S/C16H25NO4/c1-5-12-9-14(21-13(12)6-2)16(20)17(10-11(3)4)8-7-15(18)19/h9,11H,5-8,10H2,1-4H3,(H,18,19). The monoisotopic (exact) mass is 295 g/mol. The van der Waals surface area contributed by atoms with E-state index in [0.717, 1.165) is 24.2 Å². The predicted molar refractivity (Wildman–Crippen MR) is 80.5 cm³/mol. The first-order valence-electron chi connectivity index (χ1n) is 7.51. The molecule has 0 unspecified atom stereocenters. The lowest BCUT2D eigenvalue weighted by molar-refractivity contribution is -0.137. The van der Waals surface area contributed by atoms with Crippen molar-refractivity contribution in [2.24, 2.45) is 5.92 Å². The van der Waals surface area contributed by atoms with Crippen LogP contribution in [0.2, 0.25) is 0 Å². The second-order valence-corrected chi connectivity index (χ2v) is 5.55. The number of carbonyl (C=O) groups is 2. The summed E-state index contributed by atoms with van der Waals surface area (Å²) >= 11 is 0. The molecule has 0 aromatic carbocycles. The van der Waals surface area contributed by atoms with Gasteiger partial charge in [0, 0.05) is 19.5 Å². The maximum Gasteiger partial charge on any atom is 0.305 e. The van der Waals surface area contributed by atoms with Gasteiger partial charge in [-0.25, -0.2) is 0 Å². The topological polar surface area (TPSA) is 70.8 Å². The number of carbonyl (C=O) groups excluding carboxylic acids is 1. The van der Waals surface area contributed by atoms with Crippen molar-refractivity contribution >= 4 is 11.9 Å². The number of hydrogen-bond acceptors (Lipinski definition) is 3. The average molecular weight is 295 g/mol. The van der Waals surface area contributed by atoms with Crippen LogP contribution in [0.1, 0.15) is 56.0 Å². The maximum atomic E-state index is 12.5. The van der Waals surface area contributed by atoms with Crippen molar-refractivity contribution in [2.75, 3.05) is 13.1 Å². The zero-order valence-corrected chi connectivity index (χ0v) is 13.3. The van der Waals surface area contributed by atoms with Gasteiger partial charge in [0.25, 0.3) is 5.91 Å². The largest absolute Gasteiger partial charge is 0.481 e. The van der Waals surface area contributed by atoms with Gasteiger partial charge in [0.15, 0.2) is 5.76 Å². The Morgan fingerprint density at radius 2 is 1.95 bits per heavy atom. The summed E-state index contributed by atoms with van der Waals surface area (Å²) in [4.78, 5) is 24.8. The highest BCUT2D eigenvalue weighted by Crippen LogP contribution is 2.19. The molecule has 5 heteroatoms. The highest BCUT2D eigenvalue weighted by atomic mass is 16.4. The average Bonchev–Trinajstić information content (AvgIpc) is 2.85. The molecule has 0 atom stereocenters. The summed E-state index contributed by atoms with van der Waals surface area (Å²) in [5, 5.41) is 8.81. The highest BCUT2D eigenvalue weighted by Gasteiger charge is 2.22. The number of rotatable bonds is 8. The third-order valence-corrected chi connectivity index (χ3v) is 3.28. The fourth-order valence-corrected chi connectivity index (χ4v) is 2.27. The Morgan fingerprint density at radius 1 is 1.29 bits per heavy atom. The van der Waals surface area contributed by atoms with Gasteiger partial charge in [-0.1, -0.05) is 27.7 Å². The quantitative estimate of drug-likeness (QED) is 0.800. The van der Waals surface area contributed by atoms with Crippen LogP contribution in [-0.2, 0) is 17.6 Å². The molecule has 1 aromatic heterocycles. The predicted octanol–water partition coefficient (Wildman–Crippen LogP) is 2.98. The summed E-state index contributed by atoms with van der Waals surface area (Å²) in [5.41, 5.74) is 1.04. The summed E-state index contributed by atoms with van der Waals surface area (Å²) < 4.78 is 5.65. The van der Waals surface area contributed by atoms with Crippen LogP contribution >= 0.6 is 0 Å². The second-order valence-electron chi connectivity index (χ2n) is 5.55. The van der Waals surface area contributed by atoms with Crippen molar-refractivity contribution in [1.29, 1.82) is 0 Å². The molecule has 1 heterocycles. The molecule has 1 N–H and O–H groups in total. The summed E-state index contributed by atoms with van der Waals surface area (Å²) in [6.07, 6.45) is 1.51. The van der Waals surface area contributed by atoms with Gasteiger partial charge in [-0.05, 0) is 24.0 Å². The molecule has 1 amide bonds. The minimum absolute atomic E-state index is 0.0551. The van der Waals surface area contributed by atoms with Gasteiger partial charge in [-0.2, -0.15) is 0 Å². The van der Waals surface area contributed by atoms with E-state index >= 15 is 0 Å². The SMILES string of the molecule is CCc1cc(C(=O)N(CCC(=O)O)CC(C)C)oc1CC. The zero-order valence-electron chi connectivity index (χ0n) is 13.3. The van der Waals surface area contributed by atoms with Crippen LogP contribution in [0.5, 0.6) is 0 Å². The molecule has 1 aromatic rings. The van der Waals surface area contributed by atoms with Crippen LogP contribution in [-0.4, -0.2) is 35.0 Å². The molecule has 1 rings (SSSR count). The Kier molecular flexibility index (Phi) is 6.46. The molecule has 0 aliphatic carbocycles. The number of nitrogens with zero attached hydrogens (tertiary/aromatic N) is 1. The van der Waals surface area contributed by atoms with Gasteiger partial charge in [0.05, 0.1) is 6.42 Å². The van der Waals surface area contributed by atoms with Crippen molar-refractivity contribution in [2.45, 2.75) is 47.0 Å². The molecule has 118 valence electrons. The molecular weight excluding hydrogens is 270 g/mol. The molecule has 0 bridgehead atoms. The molecule has 0 aliphatic heterocycles. The van der Waals surface area contributed by atoms with E-state index in [1.807, 2.05) is 27.7 Å². The number of furan rings is 1. The van der Waals surface area contributed by atoms with Crippen LogP contribution in [0.4, 0.5) is 0 Å². The number of carboxylic acid groups (broad SMARTS) is 1. The van der Waals surface area contributed by atoms with Gasteiger partial charge >= 0.3 is 5.97 Å². The molecule has 0 fully saturated rings. The molecule has 21 heavy (non-hydrogen) atoms. The first-order valence-corrected chi connectivity index (χ1v) is 7.51. The number of hydrogen-bond donors (Lipinski definition) is 1. The molecule has 0 radical (unpaired) electrons. The third-order valence-electron chi connectivity index (χ3n) is 3.28. The minimum Gasteiger partial charge on any atom is -0.481 e.